The fourth-order valence-electron chi connectivity index (χ4n) is 4.62. The van der Waals surface area contributed by atoms with Gasteiger partial charge in [-0.05, 0) is 45.4 Å². The molecular weight excluding hydrogens is 546 g/mol. The van der Waals surface area contributed by atoms with Crippen molar-refractivity contribution in [1.29, 1.82) is 0 Å². The maximum absolute atomic E-state index is 10.3. The van der Waals surface area contributed by atoms with Crippen molar-refractivity contribution in [2.24, 2.45) is 0 Å². The van der Waals surface area contributed by atoms with E-state index in [1.54, 1.807) is 0 Å². The molecule has 232 valence electrons. The van der Waals surface area contributed by atoms with E-state index in [0.717, 1.165) is 76.7 Å². The predicted octanol–water partition coefficient (Wildman–Crippen LogP) is 1.95. The minimum absolute atomic E-state index is 0.784. The van der Waals surface area contributed by atoms with E-state index in [4.69, 9.17) is 30.3 Å². The Labute approximate surface area is 246 Å². The third-order valence-corrected chi connectivity index (χ3v) is 6.80. The molecule has 0 unspecified atom stereocenters. The first-order valence-electron chi connectivity index (χ1n) is 13.8. The molecular formula is C29H43N5O8. The molecule has 1 saturated heterocycles. The Morgan fingerprint density at radius 2 is 1.74 bits per heavy atom. The van der Waals surface area contributed by atoms with Gasteiger partial charge in [0.1, 0.15) is 0 Å². The molecule has 2 aromatic heterocycles. The predicted molar refractivity (Wildman–Crippen MR) is 154 cm³/mol. The maximum Gasteiger partial charge on any atom is 0.336 e. The second kappa shape index (κ2) is 16.7. The number of rotatable bonds is 15. The zero-order valence-electron chi connectivity index (χ0n) is 24.7. The van der Waals surface area contributed by atoms with Gasteiger partial charge in [-0.3, -0.25) is 29.1 Å². The topological polar surface area (TPSA) is 179 Å². The molecule has 2 aromatic rings. The molecule has 13 nitrogen and oxygen atoms in total. The number of allylic oxidation sites excluding steroid dienone is 1. The molecule has 3 rings (SSSR count). The third-order valence-electron chi connectivity index (χ3n) is 6.80. The summed E-state index contributed by atoms with van der Waals surface area (Å²) in [6, 6.07) is 4.18. The normalized spacial score (nSPS) is 13.8. The van der Waals surface area contributed by atoms with Crippen molar-refractivity contribution in [3.05, 3.63) is 59.2 Å². The van der Waals surface area contributed by atoms with Crippen LogP contribution in [0.5, 0.6) is 0 Å². The summed E-state index contributed by atoms with van der Waals surface area (Å²) in [5.41, 5.74) is 3.34. The summed E-state index contributed by atoms with van der Waals surface area (Å²) >= 11 is 0. The van der Waals surface area contributed by atoms with E-state index >= 15 is 0 Å². The van der Waals surface area contributed by atoms with Gasteiger partial charge in [-0.25, -0.2) is 4.79 Å². The number of pyridine rings is 1. The number of carboxylic acid groups (broad SMARTS) is 3. The Morgan fingerprint density at radius 3 is 2.26 bits per heavy atom. The molecule has 0 atom stereocenters. The van der Waals surface area contributed by atoms with Gasteiger partial charge in [-0.2, -0.15) is 5.10 Å². The highest BCUT2D eigenvalue weighted by Gasteiger charge is 2.40. The standard InChI is InChI=1S/C23H35N5O.C6H8O7/c1-19(2)16-28-21(4)23(20(3)25-28)18-27(17-22-7-5-8-24-15-22)10-6-9-26-11-13-29-14-12-26;7-3(8)1-6(13,5(11)12)2-4(9)10/h5,7-8,15H,1,6,9-14,16-18H2,2-4H3;13H,1-2H2,(H,7,8)(H,9,10)(H,11,12). The fourth-order valence-corrected chi connectivity index (χ4v) is 4.62. The Kier molecular flexibility index (Phi) is 13.7. The van der Waals surface area contributed by atoms with Gasteiger partial charge in [0.25, 0.3) is 0 Å². The van der Waals surface area contributed by atoms with Crippen molar-refractivity contribution >= 4 is 17.9 Å². The lowest BCUT2D eigenvalue weighted by Crippen LogP contribution is -2.42. The van der Waals surface area contributed by atoms with Crippen LogP contribution in [0.15, 0.2) is 36.7 Å². The maximum atomic E-state index is 10.3. The summed E-state index contributed by atoms with van der Waals surface area (Å²) in [7, 11) is 0. The lowest BCUT2D eigenvalue weighted by Gasteiger charge is -2.28. The van der Waals surface area contributed by atoms with Crippen LogP contribution in [0.2, 0.25) is 0 Å². The number of nitrogens with zero attached hydrogens (tertiary/aromatic N) is 5. The van der Waals surface area contributed by atoms with E-state index in [1.807, 2.05) is 18.5 Å². The molecule has 0 bridgehead atoms. The summed E-state index contributed by atoms with van der Waals surface area (Å²) in [6.45, 7) is 19.0. The molecule has 0 aromatic carbocycles. The largest absolute Gasteiger partial charge is 0.481 e. The van der Waals surface area contributed by atoms with Crippen LogP contribution in [0.1, 0.15) is 48.7 Å². The first kappa shape index (κ1) is 34.6. The minimum atomic E-state index is -2.74. The van der Waals surface area contributed by atoms with Crippen LogP contribution < -0.4 is 0 Å². The van der Waals surface area contributed by atoms with Gasteiger partial charge in [0.05, 0.1) is 38.3 Å². The molecule has 0 radical (unpaired) electrons. The average Bonchev–Trinajstić information content (AvgIpc) is 3.16. The summed E-state index contributed by atoms with van der Waals surface area (Å²) in [5, 5.41) is 38.6. The Hall–Kier alpha value is -3.65. The van der Waals surface area contributed by atoms with Gasteiger partial charge in [-0.15, -0.1) is 0 Å². The van der Waals surface area contributed by atoms with Gasteiger partial charge in [-0.1, -0.05) is 18.2 Å². The molecule has 1 fully saturated rings. The van der Waals surface area contributed by atoms with Crippen molar-refractivity contribution in [2.45, 2.75) is 65.3 Å². The SMILES string of the molecule is C=C(C)Cn1nc(C)c(CN(CCCN2CCOCC2)Cc2cccnc2)c1C.O=C(O)CC(O)(CC(=O)O)C(=O)O. The number of aryl methyl sites for hydroxylation is 1. The highest BCUT2D eigenvalue weighted by atomic mass is 16.5. The van der Waals surface area contributed by atoms with E-state index in [2.05, 4.69) is 52.9 Å². The quantitative estimate of drug-likeness (QED) is 0.222. The molecule has 4 N–H and O–H groups in total. The molecule has 0 saturated carbocycles. The average molecular weight is 590 g/mol. The number of aliphatic hydroxyl groups is 1. The summed E-state index contributed by atoms with van der Waals surface area (Å²) < 4.78 is 7.55. The van der Waals surface area contributed by atoms with Crippen LogP contribution in [0, 0.1) is 13.8 Å². The Morgan fingerprint density at radius 1 is 1.10 bits per heavy atom. The zero-order chi connectivity index (χ0) is 31.3. The summed E-state index contributed by atoms with van der Waals surface area (Å²) in [5.74, 6) is -5.02. The first-order chi connectivity index (χ1) is 19.8. The number of morpholine rings is 1. The van der Waals surface area contributed by atoms with Gasteiger partial charge < -0.3 is 25.2 Å². The minimum Gasteiger partial charge on any atom is -0.481 e. The number of ether oxygens (including phenoxy) is 1. The van der Waals surface area contributed by atoms with Crippen molar-refractivity contribution in [3.8, 4) is 0 Å². The number of carboxylic acids is 3. The smallest absolute Gasteiger partial charge is 0.336 e. The highest BCUT2D eigenvalue weighted by Crippen LogP contribution is 2.19. The van der Waals surface area contributed by atoms with Crippen LogP contribution in [0.3, 0.4) is 0 Å². The molecule has 42 heavy (non-hydrogen) atoms. The van der Waals surface area contributed by atoms with Crippen molar-refractivity contribution in [2.75, 3.05) is 39.4 Å². The summed E-state index contributed by atoms with van der Waals surface area (Å²) in [4.78, 5) is 39.8. The van der Waals surface area contributed by atoms with Crippen molar-refractivity contribution in [1.82, 2.24) is 24.6 Å². The number of hydrogen-bond acceptors (Lipinski definition) is 9. The van der Waals surface area contributed by atoms with E-state index in [0.29, 0.717) is 0 Å². The van der Waals surface area contributed by atoms with Crippen molar-refractivity contribution in [3.63, 3.8) is 0 Å². The molecule has 0 spiro atoms. The fraction of sp³-hybridized carbons (Fsp3) is 0.552. The van der Waals surface area contributed by atoms with Crippen LogP contribution in [-0.4, -0.2) is 108 Å². The Bertz CT molecular complexity index is 1180. The van der Waals surface area contributed by atoms with Crippen LogP contribution >= 0.6 is 0 Å². The van der Waals surface area contributed by atoms with Crippen molar-refractivity contribution < 1.29 is 39.5 Å². The van der Waals surface area contributed by atoms with Crippen LogP contribution in [-0.2, 0) is 38.8 Å². The molecule has 3 heterocycles. The molecule has 1 aliphatic heterocycles. The molecule has 1 aliphatic rings. The molecule has 0 amide bonds. The van der Waals surface area contributed by atoms with E-state index < -0.39 is 36.4 Å². The van der Waals surface area contributed by atoms with E-state index in [1.165, 1.54) is 16.8 Å². The van der Waals surface area contributed by atoms with Gasteiger partial charge >= 0.3 is 17.9 Å². The monoisotopic (exact) mass is 589 g/mol. The number of hydrogen-bond donors (Lipinski definition) is 4. The third kappa shape index (κ3) is 11.7. The molecule has 0 aliphatic carbocycles. The number of aliphatic carboxylic acids is 3. The highest BCUT2D eigenvalue weighted by molar-refractivity contribution is 5.88. The van der Waals surface area contributed by atoms with Gasteiger partial charge in [0.15, 0.2) is 5.60 Å². The number of carbonyl (C=O) groups is 3. The Balaban J connectivity index is 0.000000401. The molecule has 13 heteroatoms. The second-order valence-electron chi connectivity index (χ2n) is 10.6. The lowest BCUT2D eigenvalue weighted by atomic mass is 9.96. The second-order valence-corrected chi connectivity index (χ2v) is 10.6. The van der Waals surface area contributed by atoms with Crippen LogP contribution in [0.25, 0.3) is 0 Å². The first-order valence-corrected chi connectivity index (χ1v) is 13.8. The number of aromatic nitrogens is 3. The van der Waals surface area contributed by atoms with E-state index in [-0.39, 0.29) is 0 Å². The zero-order valence-corrected chi connectivity index (χ0v) is 24.7. The van der Waals surface area contributed by atoms with Gasteiger partial charge in [0, 0.05) is 56.4 Å². The lowest BCUT2D eigenvalue weighted by molar-refractivity contribution is -0.170. The van der Waals surface area contributed by atoms with Crippen LogP contribution in [0.4, 0.5) is 0 Å². The summed E-state index contributed by atoms with van der Waals surface area (Å²) in [6.07, 6.45) is 2.67. The van der Waals surface area contributed by atoms with E-state index in [9.17, 15) is 14.4 Å². The van der Waals surface area contributed by atoms with Gasteiger partial charge in [0.2, 0.25) is 0 Å².